The Hall–Kier alpha value is -1.45. The van der Waals surface area contributed by atoms with Gasteiger partial charge in [-0.3, -0.25) is 0 Å². The second-order valence-corrected chi connectivity index (χ2v) is 9.89. The third kappa shape index (κ3) is 4.10. The highest BCUT2D eigenvalue weighted by molar-refractivity contribution is 7.98. The molecule has 1 aromatic carbocycles. The van der Waals surface area contributed by atoms with Crippen LogP contribution in [-0.4, -0.2) is 43.3 Å². The van der Waals surface area contributed by atoms with Crippen LogP contribution in [0.15, 0.2) is 21.8 Å². The highest BCUT2D eigenvalue weighted by atomic mass is 35.5. The maximum absolute atomic E-state index is 11.5. The third-order valence-electron chi connectivity index (χ3n) is 4.26. The predicted octanol–water partition coefficient (Wildman–Crippen LogP) is 2.76. The zero-order valence-electron chi connectivity index (χ0n) is 13.8. The first-order valence-electron chi connectivity index (χ1n) is 8.22. The van der Waals surface area contributed by atoms with Crippen molar-refractivity contribution in [2.75, 3.05) is 24.7 Å². The minimum Gasteiger partial charge on any atom is -0.486 e. The van der Waals surface area contributed by atoms with Crippen molar-refractivity contribution in [3.05, 3.63) is 28.6 Å². The van der Waals surface area contributed by atoms with Crippen LogP contribution in [0.4, 0.5) is 0 Å². The summed E-state index contributed by atoms with van der Waals surface area (Å²) >= 11 is 7.63. The number of ether oxygens (including phenoxy) is 2. The molecule has 0 unspecified atom stereocenters. The summed E-state index contributed by atoms with van der Waals surface area (Å²) < 4.78 is 39.8. The highest BCUT2D eigenvalue weighted by Gasteiger charge is 2.29. The van der Waals surface area contributed by atoms with Gasteiger partial charge in [-0.25, -0.2) is 8.42 Å². The molecule has 2 aliphatic rings. The number of aromatic nitrogens is 2. The van der Waals surface area contributed by atoms with E-state index >= 15 is 0 Å². The van der Waals surface area contributed by atoms with E-state index in [1.165, 1.54) is 11.8 Å². The molecule has 3 heterocycles. The van der Waals surface area contributed by atoms with Gasteiger partial charge in [0, 0.05) is 12.2 Å². The van der Waals surface area contributed by atoms with Crippen LogP contribution in [0.5, 0.6) is 11.5 Å². The number of thioether (sulfide) groups is 1. The van der Waals surface area contributed by atoms with Crippen molar-refractivity contribution in [3.8, 4) is 11.5 Å². The van der Waals surface area contributed by atoms with Crippen LogP contribution in [0.1, 0.15) is 17.9 Å². The summed E-state index contributed by atoms with van der Waals surface area (Å²) in [5.41, 5.74) is 0.964. The summed E-state index contributed by atoms with van der Waals surface area (Å²) in [6.07, 6.45) is 1.16. The summed E-state index contributed by atoms with van der Waals surface area (Å²) in [5.74, 6) is 2.82. The Kier molecular flexibility index (Phi) is 5.02. The molecule has 0 amide bonds. The Balaban J connectivity index is 1.37. The van der Waals surface area contributed by atoms with E-state index in [1.807, 2.05) is 12.1 Å². The fourth-order valence-corrected chi connectivity index (χ4v) is 5.91. The van der Waals surface area contributed by atoms with E-state index in [9.17, 15) is 8.42 Å². The van der Waals surface area contributed by atoms with E-state index in [2.05, 4.69) is 10.2 Å². The van der Waals surface area contributed by atoms with Gasteiger partial charge in [-0.2, -0.15) is 0 Å². The van der Waals surface area contributed by atoms with E-state index in [-0.39, 0.29) is 17.4 Å². The van der Waals surface area contributed by atoms with E-state index in [0.717, 1.165) is 5.56 Å². The lowest BCUT2D eigenvalue weighted by molar-refractivity contribution is 0.171. The minimum absolute atomic E-state index is 0.0647. The van der Waals surface area contributed by atoms with Crippen molar-refractivity contribution in [1.82, 2.24) is 10.2 Å². The first-order valence-corrected chi connectivity index (χ1v) is 11.4. The third-order valence-corrected chi connectivity index (χ3v) is 7.26. The van der Waals surface area contributed by atoms with E-state index in [1.54, 1.807) is 0 Å². The molecule has 1 fully saturated rings. The Morgan fingerprint density at radius 1 is 1.23 bits per heavy atom. The van der Waals surface area contributed by atoms with Crippen LogP contribution in [-0.2, 0) is 22.0 Å². The molecular weight excluding hydrogens is 400 g/mol. The first kappa shape index (κ1) is 17.9. The standard InChI is InChI=1S/C16H17ClN2O5S2/c17-12-5-11(6-13-15(12)23-3-2-22-13)8-25-16-19-18-14(24-16)7-10-1-4-26(20,21)9-10/h5-6,10H,1-4,7-9H2/t10-/m1/s1. The molecule has 0 spiro atoms. The van der Waals surface area contributed by atoms with Crippen LogP contribution in [0.3, 0.4) is 0 Å². The lowest BCUT2D eigenvalue weighted by Crippen LogP contribution is -2.15. The molecule has 1 saturated heterocycles. The number of halogens is 1. The molecule has 26 heavy (non-hydrogen) atoms. The molecular formula is C16H17ClN2O5S2. The number of fused-ring (bicyclic) bond motifs is 1. The molecule has 1 atom stereocenters. The molecule has 2 aromatic rings. The van der Waals surface area contributed by atoms with Crippen molar-refractivity contribution in [2.45, 2.75) is 23.8 Å². The number of rotatable bonds is 5. The van der Waals surface area contributed by atoms with Gasteiger partial charge in [-0.05, 0) is 30.0 Å². The summed E-state index contributed by atoms with van der Waals surface area (Å²) in [4.78, 5) is 0. The lowest BCUT2D eigenvalue weighted by Gasteiger charge is -2.20. The van der Waals surface area contributed by atoms with Gasteiger partial charge in [0.25, 0.3) is 5.22 Å². The SMILES string of the molecule is O=S1(=O)CC[C@H](Cc2nnc(SCc3cc(Cl)c4c(c3)OCCO4)o2)C1. The van der Waals surface area contributed by atoms with Crippen LogP contribution in [0, 0.1) is 5.92 Å². The van der Waals surface area contributed by atoms with Crippen molar-refractivity contribution >= 4 is 33.2 Å². The van der Waals surface area contributed by atoms with E-state index in [0.29, 0.717) is 59.4 Å². The summed E-state index contributed by atoms with van der Waals surface area (Å²) in [6.45, 7) is 0.998. The Labute approximate surface area is 160 Å². The van der Waals surface area contributed by atoms with Crippen LogP contribution < -0.4 is 9.47 Å². The Morgan fingerprint density at radius 3 is 2.88 bits per heavy atom. The van der Waals surface area contributed by atoms with Crippen LogP contribution in [0.25, 0.3) is 0 Å². The fourth-order valence-electron chi connectivity index (χ4n) is 3.05. The van der Waals surface area contributed by atoms with Gasteiger partial charge >= 0.3 is 0 Å². The quantitative estimate of drug-likeness (QED) is 0.687. The summed E-state index contributed by atoms with van der Waals surface area (Å²) in [5, 5.41) is 9.02. The lowest BCUT2D eigenvalue weighted by atomic mass is 10.1. The molecule has 7 nitrogen and oxygen atoms in total. The van der Waals surface area contributed by atoms with Gasteiger partial charge in [-0.1, -0.05) is 23.4 Å². The molecule has 140 valence electrons. The molecule has 0 N–H and O–H groups in total. The fraction of sp³-hybridized carbons (Fsp3) is 0.500. The molecule has 0 radical (unpaired) electrons. The molecule has 0 saturated carbocycles. The first-order chi connectivity index (χ1) is 12.5. The second kappa shape index (κ2) is 7.28. The predicted molar refractivity (Wildman–Crippen MR) is 96.8 cm³/mol. The zero-order chi connectivity index (χ0) is 18.1. The molecule has 0 bridgehead atoms. The maximum atomic E-state index is 11.5. The number of nitrogens with zero attached hydrogens (tertiary/aromatic N) is 2. The molecule has 1 aromatic heterocycles. The van der Waals surface area contributed by atoms with Gasteiger partial charge in [-0.15, -0.1) is 10.2 Å². The molecule has 0 aliphatic carbocycles. The minimum atomic E-state index is -2.90. The summed E-state index contributed by atoms with van der Waals surface area (Å²) in [7, 11) is -2.90. The van der Waals surface area contributed by atoms with Crippen molar-refractivity contribution in [3.63, 3.8) is 0 Å². The average molecular weight is 417 g/mol. The van der Waals surface area contributed by atoms with Crippen LogP contribution in [0.2, 0.25) is 5.02 Å². The highest BCUT2D eigenvalue weighted by Crippen LogP contribution is 2.39. The summed E-state index contributed by atoms with van der Waals surface area (Å²) in [6, 6.07) is 3.73. The van der Waals surface area contributed by atoms with Gasteiger partial charge in [0.2, 0.25) is 5.89 Å². The number of hydrogen-bond acceptors (Lipinski definition) is 8. The second-order valence-electron chi connectivity index (χ2n) is 6.33. The zero-order valence-corrected chi connectivity index (χ0v) is 16.2. The number of hydrogen-bond donors (Lipinski definition) is 0. The number of benzene rings is 1. The largest absolute Gasteiger partial charge is 0.486 e. The normalized spacial score (nSPS) is 21.0. The van der Waals surface area contributed by atoms with Gasteiger partial charge in [0.15, 0.2) is 21.3 Å². The topological polar surface area (TPSA) is 91.5 Å². The van der Waals surface area contributed by atoms with Gasteiger partial charge in [0.05, 0.1) is 16.5 Å². The van der Waals surface area contributed by atoms with Crippen molar-refractivity contribution in [2.24, 2.45) is 5.92 Å². The number of sulfone groups is 1. The smallest absolute Gasteiger partial charge is 0.276 e. The monoisotopic (exact) mass is 416 g/mol. The molecule has 4 rings (SSSR count). The maximum Gasteiger partial charge on any atom is 0.276 e. The van der Waals surface area contributed by atoms with Crippen molar-refractivity contribution < 1.29 is 22.3 Å². The molecule has 2 aliphatic heterocycles. The van der Waals surface area contributed by atoms with Gasteiger partial charge in [0.1, 0.15) is 13.2 Å². The molecule has 10 heteroatoms. The van der Waals surface area contributed by atoms with E-state index < -0.39 is 9.84 Å². The average Bonchev–Trinajstić information content (AvgIpc) is 3.19. The Bertz CT molecular complexity index is 915. The Morgan fingerprint density at radius 2 is 2.08 bits per heavy atom. The van der Waals surface area contributed by atoms with Crippen LogP contribution >= 0.6 is 23.4 Å². The van der Waals surface area contributed by atoms with Crippen molar-refractivity contribution in [1.29, 1.82) is 0 Å². The van der Waals surface area contributed by atoms with Gasteiger partial charge < -0.3 is 13.9 Å². The van der Waals surface area contributed by atoms with E-state index in [4.69, 9.17) is 25.5 Å².